The molecular weight excluding hydrogens is 186 g/mol. The first-order chi connectivity index (χ1) is 7.16. The molecule has 4 unspecified atom stereocenters. The SMILES string of the molecule is CC(C)CNCC1CC1C1CCC(C)O1. The molecule has 2 fully saturated rings. The topological polar surface area (TPSA) is 21.3 Å². The second-order valence-corrected chi connectivity index (χ2v) is 5.77. The zero-order valence-corrected chi connectivity index (χ0v) is 10.3. The van der Waals surface area contributed by atoms with E-state index < -0.39 is 0 Å². The third-order valence-electron chi connectivity index (χ3n) is 3.68. The predicted molar refractivity (Wildman–Crippen MR) is 62.9 cm³/mol. The summed E-state index contributed by atoms with van der Waals surface area (Å²) in [6.07, 6.45) is 5.06. The molecule has 0 spiro atoms. The fourth-order valence-electron chi connectivity index (χ4n) is 2.67. The molecule has 2 nitrogen and oxygen atoms in total. The second-order valence-electron chi connectivity index (χ2n) is 5.77. The molecule has 0 amide bonds. The molecule has 0 aromatic heterocycles. The van der Waals surface area contributed by atoms with Gasteiger partial charge in [0, 0.05) is 0 Å². The van der Waals surface area contributed by atoms with E-state index in [1.807, 2.05) is 0 Å². The molecule has 1 heterocycles. The highest BCUT2D eigenvalue weighted by Crippen LogP contribution is 2.45. The van der Waals surface area contributed by atoms with Crippen molar-refractivity contribution in [2.45, 2.75) is 52.2 Å². The molecule has 0 aromatic carbocycles. The highest BCUT2D eigenvalue weighted by Gasteiger charge is 2.45. The van der Waals surface area contributed by atoms with Gasteiger partial charge in [0.05, 0.1) is 12.2 Å². The summed E-state index contributed by atoms with van der Waals surface area (Å²) in [6, 6.07) is 0. The van der Waals surface area contributed by atoms with Crippen LogP contribution in [0.15, 0.2) is 0 Å². The molecule has 4 atom stereocenters. The Morgan fingerprint density at radius 2 is 2.13 bits per heavy atom. The summed E-state index contributed by atoms with van der Waals surface area (Å²) in [6.45, 7) is 9.09. The average molecular weight is 211 g/mol. The lowest BCUT2D eigenvalue weighted by Gasteiger charge is -2.11. The average Bonchev–Trinajstić information content (AvgIpc) is 2.80. The quantitative estimate of drug-likeness (QED) is 0.754. The van der Waals surface area contributed by atoms with Gasteiger partial charge < -0.3 is 10.1 Å². The van der Waals surface area contributed by atoms with Gasteiger partial charge in [-0.3, -0.25) is 0 Å². The van der Waals surface area contributed by atoms with Crippen molar-refractivity contribution in [2.75, 3.05) is 13.1 Å². The normalized spacial score (nSPS) is 40.0. The lowest BCUT2D eigenvalue weighted by atomic mass is 10.1. The molecule has 1 N–H and O–H groups in total. The Hall–Kier alpha value is -0.0800. The summed E-state index contributed by atoms with van der Waals surface area (Å²) in [4.78, 5) is 0. The summed E-state index contributed by atoms with van der Waals surface area (Å²) >= 11 is 0. The Morgan fingerprint density at radius 1 is 1.33 bits per heavy atom. The van der Waals surface area contributed by atoms with Crippen LogP contribution >= 0.6 is 0 Å². The third-order valence-corrected chi connectivity index (χ3v) is 3.68. The summed E-state index contributed by atoms with van der Waals surface area (Å²) in [5.41, 5.74) is 0. The highest BCUT2D eigenvalue weighted by molar-refractivity contribution is 4.95. The zero-order chi connectivity index (χ0) is 10.8. The van der Waals surface area contributed by atoms with Crippen LogP contribution in [0.1, 0.15) is 40.0 Å². The predicted octanol–water partition coefficient (Wildman–Crippen LogP) is 2.44. The van der Waals surface area contributed by atoms with Crippen LogP contribution in [-0.4, -0.2) is 25.3 Å². The Kier molecular flexibility index (Phi) is 3.68. The lowest BCUT2D eigenvalue weighted by molar-refractivity contribution is 0.0396. The molecule has 2 aliphatic rings. The van der Waals surface area contributed by atoms with Gasteiger partial charge in [-0.25, -0.2) is 0 Å². The number of rotatable bonds is 5. The standard InChI is InChI=1S/C13H25NO/c1-9(2)7-14-8-11-6-12(11)13-5-4-10(3)15-13/h9-14H,4-8H2,1-3H3. The van der Waals surface area contributed by atoms with Crippen molar-refractivity contribution >= 4 is 0 Å². The number of hydrogen-bond donors (Lipinski definition) is 1. The smallest absolute Gasteiger partial charge is 0.0611 e. The van der Waals surface area contributed by atoms with Gasteiger partial charge in [-0.05, 0) is 57.0 Å². The number of hydrogen-bond acceptors (Lipinski definition) is 2. The molecule has 2 rings (SSSR count). The molecule has 0 aromatic rings. The first kappa shape index (κ1) is 11.4. The van der Waals surface area contributed by atoms with Crippen LogP contribution in [0, 0.1) is 17.8 Å². The van der Waals surface area contributed by atoms with Crippen molar-refractivity contribution in [1.82, 2.24) is 5.32 Å². The van der Waals surface area contributed by atoms with Crippen molar-refractivity contribution in [3.63, 3.8) is 0 Å². The minimum atomic E-state index is 0.514. The molecule has 1 aliphatic carbocycles. The largest absolute Gasteiger partial charge is 0.375 e. The van der Waals surface area contributed by atoms with Gasteiger partial charge in [0.15, 0.2) is 0 Å². The maximum atomic E-state index is 5.92. The van der Waals surface area contributed by atoms with E-state index in [-0.39, 0.29) is 0 Å². The fraction of sp³-hybridized carbons (Fsp3) is 1.00. The Bertz CT molecular complexity index is 205. The summed E-state index contributed by atoms with van der Waals surface area (Å²) in [5.74, 6) is 2.54. The third kappa shape index (κ3) is 3.18. The van der Waals surface area contributed by atoms with Gasteiger partial charge >= 0.3 is 0 Å². The van der Waals surface area contributed by atoms with Gasteiger partial charge in [-0.15, -0.1) is 0 Å². The molecule has 0 radical (unpaired) electrons. The van der Waals surface area contributed by atoms with Crippen LogP contribution in [0.2, 0.25) is 0 Å². The van der Waals surface area contributed by atoms with E-state index in [9.17, 15) is 0 Å². The van der Waals surface area contributed by atoms with E-state index in [0.717, 1.165) is 24.3 Å². The van der Waals surface area contributed by atoms with E-state index in [0.29, 0.717) is 12.2 Å². The number of ether oxygens (including phenoxy) is 1. The molecule has 1 aliphatic heterocycles. The van der Waals surface area contributed by atoms with Gasteiger partial charge in [0.25, 0.3) is 0 Å². The van der Waals surface area contributed by atoms with Crippen LogP contribution in [0.25, 0.3) is 0 Å². The second kappa shape index (κ2) is 4.84. The van der Waals surface area contributed by atoms with Crippen molar-refractivity contribution < 1.29 is 4.74 Å². The fourth-order valence-corrected chi connectivity index (χ4v) is 2.67. The van der Waals surface area contributed by atoms with Crippen LogP contribution in [-0.2, 0) is 4.74 Å². The molecular formula is C13H25NO. The van der Waals surface area contributed by atoms with Crippen LogP contribution < -0.4 is 5.32 Å². The Labute approximate surface area is 93.8 Å². The lowest BCUT2D eigenvalue weighted by Crippen LogP contribution is -2.23. The van der Waals surface area contributed by atoms with E-state index in [4.69, 9.17) is 4.74 Å². The summed E-state index contributed by atoms with van der Waals surface area (Å²) in [5, 5.41) is 3.56. The maximum absolute atomic E-state index is 5.92. The van der Waals surface area contributed by atoms with Crippen LogP contribution in [0.3, 0.4) is 0 Å². The van der Waals surface area contributed by atoms with E-state index >= 15 is 0 Å². The van der Waals surface area contributed by atoms with Gasteiger partial charge in [-0.2, -0.15) is 0 Å². The van der Waals surface area contributed by atoms with Crippen molar-refractivity contribution in [3.8, 4) is 0 Å². The van der Waals surface area contributed by atoms with E-state index in [1.165, 1.54) is 25.8 Å². The van der Waals surface area contributed by atoms with Crippen molar-refractivity contribution in [2.24, 2.45) is 17.8 Å². The molecule has 0 bridgehead atoms. The first-order valence-electron chi connectivity index (χ1n) is 6.53. The van der Waals surface area contributed by atoms with Gasteiger partial charge in [0.2, 0.25) is 0 Å². The van der Waals surface area contributed by atoms with Gasteiger partial charge in [-0.1, -0.05) is 13.8 Å². The minimum Gasteiger partial charge on any atom is -0.375 e. The molecule has 1 saturated heterocycles. The number of nitrogens with one attached hydrogen (secondary N) is 1. The van der Waals surface area contributed by atoms with E-state index in [2.05, 4.69) is 26.1 Å². The molecule has 88 valence electrons. The van der Waals surface area contributed by atoms with Crippen molar-refractivity contribution in [3.05, 3.63) is 0 Å². The minimum absolute atomic E-state index is 0.514. The van der Waals surface area contributed by atoms with E-state index in [1.54, 1.807) is 0 Å². The monoisotopic (exact) mass is 211 g/mol. The maximum Gasteiger partial charge on any atom is 0.0611 e. The Balaban J connectivity index is 1.60. The zero-order valence-electron chi connectivity index (χ0n) is 10.3. The Morgan fingerprint density at radius 3 is 2.73 bits per heavy atom. The van der Waals surface area contributed by atoms with Crippen LogP contribution in [0.4, 0.5) is 0 Å². The van der Waals surface area contributed by atoms with Crippen LogP contribution in [0.5, 0.6) is 0 Å². The van der Waals surface area contributed by atoms with Gasteiger partial charge in [0.1, 0.15) is 0 Å². The molecule has 2 heteroatoms. The molecule has 1 saturated carbocycles. The summed E-state index contributed by atoms with van der Waals surface area (Å²) in [7, 11) is 0. The molecule has 15 heavy (non-hydrogen) atoms. The van der Waals surface area contributed by atoms with Crippen molar-refractivity contribution in [1.29, 1.82) is 0 Å². The summed E-state index contributed by atoms with van der Waals surface area (Å²) < 4.78 is 5.92. The highest BCUT2D eigenvalue weighted by atomic mass is 16.5. The first-order valence-corrected chi connectivity index (χ1v) is 6.53.